The molecule has 0 bridgehead atoms. The molecule has 1 heterocycles. The van der Waals surface area contributed by atoms with Crippen molar-refractivity contribution in [2.75, 3.05) is 25.5 Å². The molecule has 26 heavy (non-hydrogen) atoms. The van der Waals surface area contributed by atoms with Gasteiger partial charge >= 0.3 is 5.97 Å². The van der Waals surface area contributed by atoms with Crippen molar-refractivity contribution < 1.29 is 14.7 Å². The number of amides is 1. The topological polar surface area (TPSA) is 60.9 Å². The lowest BCUT2D eigenvalue weighted by molar-refractivity contribution is -0.126. The van der Waals surface area contributed by atoms with Crippen LogP contribution < -0.4 is 4.90 Å². The number of fused-ring (bicyclic) bond motifs is 1. The second-order valence-electron chi connectivity index (χ2n) is 6.62. The van der Waals surface area contributed by atoms with Crippen LogP contribution in [0.2, 0.25) is 0 Å². The van der Waals surface area contributed by atoms with Crippen molar-refractivity contribution in [1.82, 2.24) is 4.90 Å². The zero-order chi connectivity index (χ0) is 18.7. The normalized spacial score (nSPS) is 13.5. The highest BCUT2D eigenvalue weighted by Crippen LogP contribution is 2.21. The van der Waals surface area contributed by atoms with Gasteiger partial charge in [-0.05, 0) is 53.5 Å². The first-order chi connectivity index (χ1) is 12.4. The van der Waals surface area contributed by atoms with Crippen molar-refractivity contribution in [3.63, 3.8) is 0 Å². The molecule has 2 aromatic carbocycles. The highest BCUT2D eigenvalue weighted by Gasteiger charge is 2.20. The summed E-state index contributed by atoms with van der Waals surface area (Å²) < 4.78 is 0. The summed E-state index contributed by atoms with van der Waals surface area (Å²) in [6.45, 7) is 1.08. The Balaban J connectivity index is 1.69. The second-order valence-corrected chi connectivity index (χ2v) is 6.62. The Hall–Kier alpha value is -3.08. The minimum Gasteiger partial charge on any atom is -0.478 e. The molecule has 0 saturated heterocycles. The Morgan fingerprint density at radius 3 is 2.46 bits per heavy atom. The van der Waals surface area contributed by atoms with E-state index in [1.54, 1.807) is 23.1 Å². The number of hydrogen-bond donors (Lipinski definition) is 1. The lowest BCUT2D eigenvalue weighted by Crippen LogP contribution is -2.34. The van der Waals surface area contributed by atoms with Crippen LogP contribution in [0.15, 0.2) is 48.5 Å². The van der Waals surface area contributed by atoms with Crippen molar-refractivity contribution in [2.24, 2.45) is 0 Å². The molecule has 0 spiro atoms. The number of nitrogens with zero attached hydrogens (tertiary/aromatic N) is 2. The fourth-order valence-corrected chi connectivity index (χ4v) is 3.03. The lowest BCUT2D eigenvalue weighted by atomic mass is 9.97. The van der Waals surface area contributed by atoms with Gasteiger partial charge in [-0.2, -0.15) is 0 Å². The van der Waals surface area contributed by atoms with Crippen molar-refractivity contribution in [1.29, 1.82) is 0 Å². The highest BCUT2D eigenvalue weighted by molar-refractivity contribution is 5.92. The van der Waals surface area contributed by atoms with Gasteiger partial charge in [-0.15, -0.1) is 0 Å². The van der Waals surface area contributed by atoms with Crippen LogP contribution in [0.3, 0.4) is 0 Å². The molecule has 1 aliphatic rings. The molecule has 2 aromatic rings. The molecule has 0 saturated carbocycles. The summed E-state index contributed by atoms with van der Waals surface area (Å²) in [6.07, 6.45) is 4.13. The van der Waals surface area contributed by atoms with Crippen molar-refractivity contribution in [3.8, 4) is 0 Å². The number of carboxylic acid groups (broad SMARTS) is 1. The van der Waals surface area contributed by atoms with Gasteiger partial charge in [0, 0.05) is 38.9 Å². The fraction of sp³-hybridized carbons (Fsp3) is 0.238. The van der Waals surface area contributed by atoms with Crippen LogP contribution in [0.5, 0.6) is 0 Å². The van der Waals surface area contributed by atoms with E-state index < -0.39 is 5.97 Å². The summed E-state index contributed by atoms with van der Waals surface area (Å²) in [4.78, 5) is 27.4. The summed E-state index contributed by atoms with van der Waals surface area (Å²) in [7, 11) is 3.97. The van der Waals surface area contributed by atoms with Crippen LogP contribution in [0, 0.1) is 0 Å². The van der Waals surface area contributed by atoms with Gasteiger partial charge < -0.3 is 14.9 Å². The lowest BCUT2D eigenvalue weighted by Gasteiger charge is -2.28. The van der Waals surface area contributed by atoms with Crippen LogP contribution in [0.1, 0.15) is 27.0 Å². The largest absolute Gasteiger partial charge is 0.478 e. The van der Waals surface area contributed by atoms with E-state index in [0.717, 1.165) is 28.8 Å². The third kappa shape index (κ3) is 3.94. The molecule has 0 fully saturated rings. The Morgan fingerprint density at radius 2 is 1.81 bits per heavy atom. The molecule has 0 unspecified atom stereocenters. The monoisotopic (exact) mass is 350 g/mol. The predicted octanol–water partition coefficient (Wildman–Crippen LogP) is 3.05. The van der Waals surface area contributed by atoms with E-state index >= 15 is 0 Å². The number of anilines is 1. The van der Waals surface area contributed by atoms with Crippen LogP contribution >= 0.6 is 0 Å². The zero-order valence-corrected chi connectivity index (χ0v) is 15.0. The van der Waals surface area contributed by atoms with Crippen molar-refractivity contribution >= 4 is 23.6 Å². The molecule has 1 amide bonds. The van der Waals surface area contributed by atoms with Crippen LogP contribution in [-0.4, -0.2) is 42.5 Å². The Morgan fingerprint density at radius 1 is 1.08 bits per heavy atom. The summed E-state index contributed by atoms with van der Waals surface area (Å²) in [5.74, 6) is -1.01. The molecule has 0 aromatic heterocycles. The van der Waals surface area contributed by atoms with E-state index in [2.05, 4.69) is 0 Å². The first-order valence-corrected chi connectivity index (χ1v) is 8.53. The van der Waals surface area contributed by atoms with E-state index in [-0.39, 0.29) is 11.5 Å². The average molecular weight is 350 g/mol. The second kappa shape index (κ2) is 7.44. The number of carbonyl (C=O) groups excluding carboxylic acids is 1. The molecule has 1 aliphatic heterocycles. The quantitative estimate of drug-likeness (QED) is 0.861. The van der Waals surface area contributed by atoms with Crippen molar-refractivity contribution in [3.05, 3.63) is 70.8 Å². The summed E-state index contributed by atoms with van der Waals surface area (Å²) in [5, 5.41) is 9.13. The standard InChI is InChI=1S/C21H22N2O3/c1-22(2)19-8-3-15(4-9-19)5-10-20(24)23-12-11-16-6-7-17(21(25)26)13-18(16)14-23/h3-10,13H,11-12,14H2,1-2H3,(H,25,26). The maximum Gasteiger partial charge on any atom is 0.335 e. The SMILES string of the molecule is CN(C)c1ccc(C=CC(=O)N2CCc3ccc(C(=O)O)cc3C2)cc1. The third-order valence-corrected chi connectivity index (χ3v) is 4.60. The maximum absolute atomic E-state index is 12.5. The Bertz CT molecular complexity index is 854. The average Bonchev–Trinajstić information content (AvgIpc) is 2.65. The molecule has 0 atom stereocenters. The molecular formula is C21H22N2O3. The number of rotatable bonds is 4. The number of benzene rings is 2. The molecular weight excluding hydrogens is 328 g/mol. The highest BCUT2D eigenvalue weighted by atomic mass is 16.4. The van der Waals surface area contributed by atoms with Gasteiger partial charge in [0.2, 0.25) is 5.91 Å². The van der Waals surface area contributed by atoms with Gasteiger partial charge in [0.25, 0.3) is 0 Å². The maximum atomic E-state index is 12.5. The summed E-state index contributed by atoms with van der Waals surface area (Å²) in [5.41, 5.74) is 4.36. The van der Waals surface area contributed by atoms with Gasteiger partial charge in [0.05, 0.1) is 5.56 Å². The molecule has 5 nitrogen and oxygen atoms in total. The van der Waals surface area contributed by atoms with Gasteiger partial charge in [0.1, 0.15) is 0 Å². The van der Waals surface area contributed by atoms with E-state index in [9.17, 15) is 9.59 Å². The van der Waals surface area contributed by atoms with Gasteiger partial charge in [-0.3, -0.25) is 4.79 Å². The Labute approximate surface area is 153 Å². The summed E-state index contributed by atoms with van der Waals surface area (Å²) in [6, 6.07) is 13.1. The first kappa shape index (κ1) is 17.7. The van der Waals surface area contributed by atoms with Crippen LogP contribution in [0.25, 0.3) is 6.08 Å². The van der Waals surface area contributed by atoms with Gasteiger partial charge in [0.15, 0.2) is 0 Å². The molecule has 0 radical (unpaired) electrons. The zero-order valence-electron chi connectivity index (χ0n) is 15.0. The number of carboxylic acids is 1. The van der Waals surface area contributed by atoms with E-state index in [1.165, 1.54) is 0 Å². The molecule has 1 N–H and O–H groups in total. The van der Waals surface area contributed by atoms with E-state index in [1.807, 2.05) is 55.4 Å². The number of hydrogen-bond acceptors (Lipinski definition) is 3. The third-order valence-electron chi connectivity index (χ3n) is 4.60. The molecule has 5 heteroatoms. The Kier molecular flexibility index (Phi) is 5.07. The van der Waals surface area contributed by atoms with Crippen molar-refractivity contribution in [2.45, 2.75) is 13.0 Å². The number of carbonyl (C=O) groups is 2. The minimum atomic E-state index is -0.947. The van der Waals surface area contributed by atoms with E-state index in [4.69, 9.17) is 5.11 Å². The molecule has 0 aliphatic carbocycles. The first-order valence-electron chi connectivity index (χ1n) is 8.53. The predicted molar refractivity (Wildman–Crippen MR) is 102 cm³/mol. The smallest absolute Gasteiger partial charge is 0.335 e. The van der Waals surface area contributed by atoms with Gasteiger partial charge in [-0.1, -0.05) is 18.2 Å². The minimum absolute atomic E-state index is 0.0620. The fourth-order valence-electron chi connectivity index (χ4n) is 3.03. The molecule has 134 valence electrons. The van der Waals surface area contributed by atoms with Gasteiger partial charge in [-0.25, -0.2) is 4.79 Å². The van der Waals surface area contributed by atoms with Crippen LogP contribution in [0.4, 0.5) is 5.69 Å². The molecule has 3 rings (SSSR count). The van der Waals surface area contributed by atoms with Crippen LogP contribution in [-0.2, 0) is 17.8 Å². The number of aromatic carboxylic acids is 1. The van der Waals surface area contributed by atoms with E-state index in [0.29, 0.717) is 13.1 Å². The summed E-state index contributed by atoms with van der Waals surface area (Å²) >= 11 is 0.